The van der Waals surface area contributed by atoms with Gasteiger partial charge in [-0.3, -0.25) is 4.79 Å². The van der Waals surface area contributed by atoms with E-state index in [9.17, 15) is 31.2 Å². The number of hydrogen-bond donors (Lipinski definition) is 2. The van der Waals surface area contributed by atoms with Crippen molar-refractivity contribution in [3.8, 4) is 5.75 Å². The number of nitrogens with one attached hydrogen (secondary N) is 1. The molecule has 1 atom stereocenters. The SMILES string of the molecule is NC(=NCN1CC[C@H](NS(=O)(=O)c2cc3nc(Cl)ccc3s2)C1=O)c1ccccc1OC(=O)C(F)(F)F. The number of nitrogens with zero attached hydrogens (tertiary/aromatic N) is 3. The monoisotopic (exact) mass is 575 g/mol. The van der Waals surface area contributed by atoms with Gasteiger partial charge in [-0.05, 0) is 36.8 Å². The van der Waals surface area contributed by atoms with E-state index in [1.54, 1.807) is 6.07 Å². The van der Waals surface area contributed by atoms with Crippen LogP contribution in [0.3, 0.4) is 0 Å². The molecule has 0 aliphatic carbocycles. The zero-order valence-corrected chi connectivity index (χ0v) is 20.9. The Balaban J connectivity index is 1.43. The lowest BCUT2D eigenvalue weighted by molar-refractivity contribution is -0.189. The van der Waals surface area contributed by atoms with Gasteiger partial charge in [0.25, 0.3) is 10.0 Å². The van der Waals surface area contributed by atoms with Gasteiger partial charge in [-0.1, -0.05) is 23.7 Å². The van der Waals surface area contributed by atoms with E-state index < -0.39 is 39.9 Å². The molecule has 3 aromatic rings. The van der Waals surface area contributed by atoms with Crippen molar-refractivity contribution in [2.24, 2.45) is 10.7 Å². The number of benzene rings is 1. The first kappa shape index (κ1) is 26.8. The molecular weight excluding hydrogens is 559 g/mol. The second-order valence-electron chi connectivity index (χ2n) is 7.72. The molecule has 1 saturated heterocycles. The quantitative estimate of drug-likeness (QED) is 0.145. The number of aliphatic imine (C=N–C) groups is 1. The summed E-state index contributed by atoms with van der Waals surface area (Å²) in [7, 11) is -4.04. The van der Waals surface area contributed by atoms with Gasteiger partial charge in [0.15, 0.2) is 0 Å². The van der Waals surface area contributed by atoms with Crippen molar-refractivity contribution in [2.45, 2.75) is 22.8 Å². The van der Waals surface area contributed by atoms with Crippen LogP contribution >= 0.6 is 22.9 Å². The molecule has 1 fully saturated rings. The molecule has 0 unspecified atom stereocenters. The third-order valence-electron chi connectivity index (χ3n) is 5.19. The number of pyridine rings is 1. The number of halogens is 4. The van der Waals surface area contributed by atoms with Gasteiger partial charge in [0.2, 0.25) is 5.91 Å². The Morgan fingerprint density at radius 1 is 1.30 bits per heavy atom. The molecule has 1 aliphatic heterocycles. The van der Waals surface area contributed by atoms with Crippen molar-refractivity contribution in [3.05, 3.63) is 53.2 Å². The molecule has 196 valence electrons. The number of amides is 1. The molecule has 1 amide bonds. The molecule has 1 aliphatic rings. The minimum Gasteiger partial charge on any atom is -0.419 e. The molecule has 16 heteroatoms. The highest BCUT2D eigenvalue weighted by atomic mass is 35.5. The summed E-state index contributed by atoms with van der Waals surface area (Å²) in [6, 6.07) is 8.69. The van der Waals surface area contributed by atoms with Crippen molar-refractivity contribution >= 4 is 60.9 Å². The van der Waals surface area contributed by atoms with Crippen molar-refractivity contribution in [3.63, 3.8) is 0 Å². The summed E-state index contributed by atoms with van der Waals surface area (Å²) in [6.45, 7) is -0.146. The van der Waals surface area contributed by atoms with Crippen LogP contribution in [0.25, 0.3) is 10.2 Å². The smallest absolute Gasteiger partial charge is 0.419 e. The fourth-order valence-electron chi connectivity index (χ4n) is 3.41. The molecule has 4 rings (SSSR count). The number of likely N-dealkylation sites (tertiary alicyclic amines) is 1. The largest absolute Gasteiger partial charge is 0.491 e. The van der Waals surface area contributed by atoms with Crippen molar-refractivity contribution < 1.29 is 35.9 Å². The van der Waals surface area contributed by atoms with E-state index in [1.165, 1.54) is 35.2 Å². The summed E-state index contributed by atoms with van der Waals surface area (Å²) in [6.07, 6.45) is -5.05. The van der Waals surface area contributed by atoms with Crippen molar-refractivity contribution in [1.82, 2.24) is 14.6 Å². The van der Waals surface area contributed by atoms with Gasteiger partial charge in [-0.25, -0.2) is 23.2 Å². The third-order valence-corrected chi connectivity index (χ3v) is 8.43. The maximum atomic E-state index is 12.8. The van der Waals surface area contributed by atoms with E-state index in [1.807, 2.05) is 0 Å². The third kappa shape index (κ3) is 6.01. The van der Waals surface area contributed by atoms with Crippen LogP contribution in [-0.2, 0) is 19.6 Å². The molecule has 1 aromatic carbocycles. The van der Waals surface area contributed by atoms with Gasteiger partial charge in [-0.15, -0.1) is 11.3 Å². The number of hydrogen-bond acceptors (Lipinski definition) is 8. The van der Waals surface area contributed by atoms with Crippen LogP contribution in [0, 0.1) is 0 Å². The fourth-order valence-corrected chi connectivity index (χ4v) is 6.13. The van der Waals surface area contributed by atoms with E-state index in [0.717, 1.165) is 17.4 Å². The molecule has 3 heterocycles. The molecule has 0 bridgehead atoms. The van der Waals surface area contributed by atoms with Crippen LogP contribution in [0.1, 0.15) is 12.0 Å². The molecule has 0 saturated carbocycles. The average molecular weight is 576 g/mol. The number of para-hydroxylation sites is 1. The molecule has 37 heavy (non-hydrogen) atoms. The van der Waals surface area contributed by atoms with E-state index in [4.69, 9.17) is 17.3 Å². The zero-order valence-electron chi connectivity index (χ0n) is 18.5. The predicted molar refractivity (Wildman–Crippen MR) is 129 cm³/mol. The van der Waals surface area contributed by atoms with Crippen LogP contribution in [0.4, 0.5) is 13.2 Å². The Labute approximate surface area is 216 Å². The average Bonchev–Trinajstić information content (AvgIpc) is 3.40. The molecule has 2 aromatic heterocycles. The number of carbonyl (C=O) groups excluding carboxylic acids is 2. The van der Waals surface area contributed by atoms with Gasteiger partial charge in [-0.2, -0.15) is 17.9 Å². The first-order valence-corrected chi connectivity index (χ1v) is 13.1. The van der Waals surface area contributed by atoms with Crippen LogP contribution in [0.2, 0.25) is 5.15 Å². The summed E-state index contributed by atoms with van der Waals surface area (Å²) in [5, 5.41) is 0.213. The number of esters is 1. The minimum absolute atomic E-state index is 0.0317. The number of ether oxygens (including phenoxy) is 1. The second kappa shape index (κ2) is 10.2. The number of rotatable bonds is 7. The zero-order chi connectivity index (χ0) is 27.0. The Hall–Kier alpha value is -3.27. The van der Waals surface area contributed by atoms with Crippen LogP contribution in [-0.4, -0.2) is 61.4 Å². The Kier molecular flexibility index (Phi) is 7.41. The fraction of sp³-hybridized carbons (Fsp3) is 0.238. The molecule has 0 radical (unpaired) electrons. The maximum Gasteiger partial charge on any atom is 0.491 e. The highest BCUT2D eigenvalue weighted by molar-refractivity contribution is 7.91. The van der Waals surface area contributed by atoms with Crippen molar-refractivity contribution in [2.75, 3.05) is 13.2 Å². The normalized spacial score (nSPS) is 17.0. The second-order valence-corrected chi connectivity index (χ2v) is 11.1. The van der Waals surface area contributed by atoms with E-state index in [0.29, 0.717) is 10.2 Å². The van der Waals surface area contributed by atoms with Gasteiger partial charge in [0.05, 0.1) is 15.8 Å². The Bertz CT molecular complexity index is 1510. The number of fused-ring (bicyclic) bond motifs is 1. The summed E-state index contributed by atoms with van der Waals surface area (Å²) in [4.78, 5) is 33.3. The van der Waals surface area contributed by atoms with E-state index in [2.05, 4.69) is 19.4 Å². The van der Waals surface area contributed by atoms with Gasteiger partial charge >= 0.3 is 12.1 Å². The van der Waals surface area contributed by atoms with Crippen LogP contribution < -0.4 is 15.2 Å². The number of nitrogens with two attached hydrogens (primary N) is 1. The predicted octanol–water partition coefficient (Wildman–Crippen LogP) is 2.66. The maximum absolute atomic E-state index is 12.8. The van der Waals surface area contributed by atoms with E-state index >= 15 is 0 Å². The first-order valence-electron chi connectivity index (χ1n) is 10.4. The van der Waals surface area contributed by atoms with Crippen LogP contribution in [0.15, 0.2) is 51.7 Å². The number of alkyl halides is 3. The van der Waals surface area contributed by atoms with Crippen molar-refractivity contribution in [1.29, 1.82) is 0 Å². The number of sulfonamides is 1. The number of aromatic nitrogens is 1. The lowest BCUT2D eigenvalue weighted by Crippen LogP contribution is -2.41. The molecule has 0 spiro atoms. The summed E-state index contributed by atoms with van der Waals surface area (Å²) >= 11 is 6.82. The summed E-state index contributed by atoms with van der Waals surface area (Å²) < 4.78 is 70.7. The van der Waals surface area contributed by atoms with Gasteiger partial charge < -0.3 is 15.4 Å². The Morgan fingerprint density at radius 2 is 2.03 bits per heavy atom. The van der Waals surface area contributed by atoms with Gasteiger partial charge in [0, 0.05) is 6.54 Å². The molecule has 3 N–H and O–H groups in total. The lowest BCUT2D eigenvalue weighted by Gasteiger charge is -2.16. The number of amidine groups is 1. The van der Waals surface area contributed by atoms with Crippen LogP contribution in [0.5, 0.6) is 5.75 Å². The minimum atomic E-state index is -5.21. The molecular formula is C21H17ClF3N5O5S2. The number of thiophene rings is 1. The number of carbonyl (C=O) groups is 2. The van der Waals surface area contributed by atoms with E-state index in [-0.39, 0.29) is 40.4 Å². The van der Waals surface area contributed by atoms with Gasteiger partial charge in [0.1, 0.15) is 33.7 Å². The topological polar surface area (TPSA) is 144 Å². The standard InChI is InChI=1S/C21H17ClF3N5O5S2/c22-16-6-5-15-13(28-16)9-17(36-15)37(33,34)29-12-7-8-30(19(12)31)10-27-18(26)11-3-1-2-4-14(11)35-20(32)21(23,24)25/h1-6,9,12,29H,7-8,10H2,(H2,26,27)/t12-/m0/s1. The summed E-state index contributed by atoms with van der Waals surface area (Å²) in [5.41, 5.74) is 6.20. The molecule has 10 nitrogen and oxygen atoms in total. The first-order chi connectivity index (χ1) is 17.3. The highest BCUT2D eigenvalue weighted by Crippen LogP contribution is 2.29. The Morgan fingerprint density at radius 3 is 2.76 bits per heavy atom. The highest BCUT2D eigenvalue weighted by Gasteiger charge is 2.42. The lowest BCUT2D eigenvalue weighted by atomic mass is 10.2. The summed E-state index contributed by atoms with van der Waals surface area (Å²) in [5.74, 6) is -3.71.